The molecule has 118 valence electrons. The van der Waals surface area contributed by atoms with Gasteiger partial charge < -0.3 is 5.32 Å². The monoisotopic (exact) mass is 317 g/mol. The van der Waals surface area contributed by atoms with Gasteiger partial charge in [0.2, 0.25) is 0 Å². The Balaban J connectivity index is 1.61. The van der Waals surface area contributed by atoms with Crippen molar-refractivity contribution in [3.05, 3.63) is 72.2 Å². The standard InChI is InChI=1S/C18H15N5O/c1-12-16(11-20-23(12)15-5-3-2-4-6-15)18(24)21-14-8-7-13-10-19-22-17(13)9-14/h2-11H,1H3,(H,19,22)(H,21,24). The predicted octanol–water partition coefficient (Wildman–Crippen LogP) is 3.31. The van der Waals surface area contributed by atoms with Gasteiger partial charge in [-0.15, -0.1) is 0 Å². The molecule has 0 saturated heterocycles. The maximum absolute atomic E-state index is 12.6. The molecule has 2 aromatic heterocycles. The number of benzene rings is 2. The normalized spacial score (nSPS) is 10.9. The Hall–Kier alpha value is -3.41. The van der Waals surface area contributed by atoms with Crippen LogP contribution in [0.2, 0.25) is 0 Å². The third kappa shape index (κ3) is 2.44. The molecule has 4 aromatic rings. The Morgan fingerprint density at radius 3 is 2.79 bits per heavy atom. The zero-order chi connectivity index (χ0) is 16.5. The zero-order valence-electron chi connectivity index (χ0n) is 13.0. The van der Waals surface area contributed by atoms with Crippen molar-refractivity contribution in [1.82, 2.24) is 20.0 Å². The van der Waals surface area contributed by atoms with Gasteiger partial charge in [0.05, 0.1) is 34.9 Å². The summed E-state index contributed by atoms with van der Waals surface area (Å²) in [5.74, 6) is -0.187. The van der Waals surface area contributed by atoms with Crippen molar-refractivity contribution in [2.24, 2.45) is 0 Å². The molecule has 0 unspecified atom stereocenters. The number of nitrogens with zero attached hydrogens (tertiary/aromatic N) is 3. The Morgan fingerprint density at radius 2 is 1.96 bits per heavy atom. The maximum Gasteiger partial charge on any atom is 0.259 e. The minimum atomic E-state index is -0.187. The lowest BCUT2D eigenvalue weighted by molar-refractivity contribution is 0.102. The Kier molecular flexibility index (Phi) is 3.35. The topological polar surface area (TPSA) is 75.6 Å². The molecule has 4 rings (SSSR count). The van der Waals surface area contributed by atoms with Gasteiger partial charge in [-0.2, -0.15) is 10.2 Å². The quantitative estimate of drug-likeness (QED) is 0.608. The van der Waals surface area contributed by atoms with Crippen molar-refractivity contribution in [3.63, 3.8) is 0 Å². The van der Waals surface area contributed by atoms with E-state index in [1.54, 1.807) is 17.1 Å². The molecule has 0 aliphatic carbocycles. The summed E-state index contributed by atoms with van der Waals surface area (Å²) in [7, 11) is 0. The van der Waals surface area contributed by atoms with Crippen LogP contribution in [0.1, 0.15) is 16.1 Å². The van der Waals surface area contributed by atoms with Crippen molar-refractivity contribution < 1.29 is 4.79 Å². The van der Waals surface area contributed by atoms with Crippen LogP contribution in [0.25, 0.3) is 16.6 Å². The van der Waals surface area contributed by atoms with Crippen LogP contribution in [0.3, 0.4) is 0 Å². The first-order chi connectivity index (χ1) is 11.7. The zero-order valence-corrected chi connectivity index (χ0v) is 13.0. The summed E-state index contributed by atoms with van der Waals surface area (Å²) >= 11 is 0. The number of hydrogen-bond acceptors (Lipinski definition) is 3. The molecule has 0 radical (unpaired) electrons. The van der Waals surface area contributed by atoms with E-state index in [1.165, 1.54) is 0 Å². The fraction of sp³-hybridized carbons (Fsp3) is 0.0556. The number of aromatic nitrogens is 4. The molecular weight excluding hydrogens is 302 g/mol. The lowest BCUT2D eigenvalue weighted by Crippen LogP contribution is -2.13. The molecule has 6 heteroatoms. The van der Waals surface area contributed by atoms with Gasteiger partial charge in [0.15, 0.2) is 0 Å². The van der Waals surface area contributed by atoms with Gasteiger partial charge in [-0.05, 0) is 37.3 Å². The van der Waals surface area contributed by atoms with E-state index in [-0.39, 0.29) is 5.91 Å². The van der Waals surface area contributed by atoms with Crippen molar-refractivity contribution in [1.29, 1.82) is 0 Å². The molecule has 0 spiro atoms. The van der Waals surface area contributed by atoms with E-state index in [4.69, 9.17) is 0 Å². The molecular formula is C18H15N5O. The van der Waals surface area contributed by atoms with E-state index >= 15 is 0 Å². The maximum atomic E-state index is 12.6. The van der Waals surface area contributed by atoms with Crippen molar-refractivity contribution in [2.75, 3.05) is 5.32 Å². The Morgan fingerprint density at radius 1 is 1.12 bits per heavy atom. The predicted molar refractivity (Wildman–Crippen MR) is 92.3 cm³/mol. The van der Waals surface area contributed by atoms with Crippen LogP contribution >= 0.6 is 0 Å². The number of fused-ring (bicyclic) bond motifs is 1. The molecule has 0 aliphatic heterocycles. The second-order valence-corrected chi connectivity index (χ2v) is 5.52. The minimum absolute atomic E-state index is 0.187. The van der Waals surface area contributed by atoms with Crippen LogP contribution in [0, 0.1) is 6.92 Å². The Labute approximate surface area is 138 Å². The smallest absolute Gasteiger partial charge is 0.259 e. The van der Waals surface area contributed by atoms with E-state index in [1.807, 2.05) is 55.5 Å². The van der Waals surface area contributed by atoms with Crippen LogP contribution in [0.5, 0.6) is 0 Å². The molecule has 0 aliphatic rings. The molecule has 0 atom stereocenters. The number of amides is 1. The number of carbonyl (C=O) groups excluding carboxylic acids is 1. The van der Waals surface area contributed by atoms with Gasteiger partial charge >= 0.3 is 0 Å². The van der Waals surface area contributed by atoms with Gasteiger partial charge in [-0.25, -0.2) is 4.68 Å². The third-order valence-corrected chi connectivity index (χ3v) is 3.95. The minimum Gasteiger partial charge on any atom is -0.322 e. The molecule has 2 N–H and O–H groups in total. The molecule has 1 amide bonds. The fourth-order valence-corrected chi connectivity index (χ4v) is 2.68. The number of aromatic amines is 1. The molecule has 2 heterocycles. The van der Waals surface area contributed by atoms with E-state index in [0.29, 0.717) is 11.3 Å². The first kappa shape index (κ1) is 14.2. The van der Waals surface area contributed by atoms with Gasteiger partial charge in [0, 0.05) is 11.1 Å². The molecule has 0 saturated carbocycles. The van der Waals surface area contributed by atoms with Crippen LogP contribution < -0.4 is 5.32 Å². The van der Waals surface area contributed by atoms with Gasteiger partial charge in [-0.3, -0.25) is 9.89 Å². The van der Waals surface area contributed by atoms with E-state index in [2.05, 4.69) is 20.6 Å². The summed E-state index contributed by atoms with van der Waals surface area (Å²) in [4.78, 5) is 12.6. The first-order valence-electron chi connectivity index (χ1n) is 7.57. The van der Waals surface area contributed by atoms with E-state index in [9.17, 15) is 4.79 Å². The highest BCUT2D eigenvalue weighted by Gasteiger charge is 2.15. The van der Waals surface area contributed by atoms with Crippen LogP contribution in [-0.4, -0.2) is 25.9 Å². The fourth-order valence-electron chi connectivity index (χ4n) is 2.68. The summed E-state index contributed by atoms with van der Waals surface area (Å²) in [6.45, 7) is 1.88. The highest BCUT2D eigenvalue weighted by molar-refractivity contribution is 6.05. The summed E-state index contributed by atoms with van der Waals surface area (Å²) < 4.78 is 1.76. The molecule has 24 heavy (non-hydrogen) atoms. The van der Waals surface area contributed by atoms with Crippen LogP contribution in [-0.2, 0) is 0 Å². The summed E-state index contributed by atoms with van der Waals surface area (Å²) in [5, 5.41) is 15.1. The van der Waals surface area contributed by atoms with Crippen molar-refractivity contribution in [2.45, 2.75) is 6.92 Å². The van der Waals surface area contributed by atoms with E-state index in [0.717, 1.165) is 22.3 Å². The van der Waals surface area contributed by atoms with Gasteiger partial charge in [-0.1, -0.05) is 18.2 Å². The van der Waals surface area contributed by atoms with E-state index < -0.39 is 0 Å². The third-order valence-electron chi connectivity index (χ3n) is 3.95. The van der Waals surface area contributed by atoms with Crippen LogP contribution in [0.15, 0.2) is 60.9 Å². The van der Waals surface area contributed by atoms with Crippen LogP contribution in [0.4, 0.5) is 5.69 Å². The largest absolute Gasteiger partial charge is 0.322 e. The highest BCUT2D eigenvalue weighted by Crippen LogP contribution is 2.19. The average molecular weight is 317 g/mol. The molecule has 0 fully saturated rings. The number of carbonyl (C=O) groups is 1. The SMILES string of the molecule is Cc1c(C(=O)Nc2ccc3cn[nH]c3c2)cnn1-c1ccccc1. The number of anilines is 1. The number of nitrogens with one attached hydrogen (secondary N) is 2. The molecule has 2 aromatic carbocycles. The second-order valence-electron chi connectivity index (χ2n) is 5.52. The van der Waals surface area contributed by atoms with Gasteiger partial charge in [0.1, 0.15) is 0 Å². The molecule has 6 nitrogen and oxygen atoms in total. The first-order valence-corrected chi connectivity index (χ1v) is 7.57. The lowest BCUT2D eigenvalue weighted by Gasteiger charge is -2.06. The Bertz CT molecular complexity index is 1020. The highest BCUT2D eigenvalue weighted by atomic mass is 16.1. The number of H-pyrrole nitrogens is 1. The molecule has 0 bridgehead atoms. The number of hydrogen-bond donors (Lipinski definition) is 2. The van der Waals surface area contributed by atoms with Crippen molar-refractivity contribution >= 4 is 22.5 Å². The number of para-hydroxylation sites is 1. The average Bonchev–Trinajstić information content (AvgIpc) is 3.21. The number of rotatable bonds is 3. The lowest BCUT2D eigenvalue weighted by atomic mass is 10.2. The summed E-state index contributed by atoms with van der Waals surface area (Å²) in [5.41, 5.74) is 3.85. The van der Waals surface area contributed by atoms with Gasteiger partial charge in [0.25, 0.3) is 5.91 Å². The van der Waals surface area contributed by atoms with Crippen molar-refractivity contribution in [3.8, 4) is 5.69 Å². The second kappa shape index (κ2) is 5.66. The summed E-state index contributed by atoms with van der Waals surface area (Å²) in [6.07, 6.45) is 3.33. The summed E-state index contributed by atoms with van der Waals surface area (Å²) in [6, 6.07) is 15.4.